The van der Waals surface area contributed by atoms with Crippen LogP contribution in [-0.4, -0.2) is 48.6 Å². The summed E-state index contributed by atoms with van der Waals surface area (Å²) in [6.45, 7) is 12.8. The van der Waals surface area contributed by atoms with E-state index >= 15 is 0 Å². The summed E-state index contributed by atoms with van der Waals surface area (Å²) in [4.78, 5) is 20.9. The van der Waals surface area contributed by atoms with Gasteiger partial charge in [0.25, 0.3) is 0 Å². The lowest BCUT2D eigenvalue weighted by Crippen LogP contribution is -2.27. The molecule has 0 aliphatic carbocycles. The van der Waals surface area contributed by atoms with Gasteiger partial charge in [0.1, 0.15) is 17.6 Å². The van der Waals surface area contributed by atoms with Crippen LogP contribution >= 0.6 is 0 Å². The molecular weight excluding hydrogens is 390 g/mol. The first-order valence-electron chi connectivity index (χ1n) is 10.4. The maximum absolute atomic E-state index is 11.4. The summed E-state index contributed by atoms with van der Waals surface area (Å²) in [7, 11) is 3.49. The third kappa shape index (κ3) is 8.47. The third-order valence-electron chi connectivity index (χ3n) is 4.11. The monoisotopic (exact) mass is 427 g/mol. The summed E-state index contributed by atoms with van der Waals surface area (Å²) in [5, 5.41) is 6.57. The van der Waals surface area contributed by atoms with Gasteiger partial charge in [0.15, 0.2) is 0 Å². The Labute approximate surface area is 186 Å². The molecule has 0 amide bonds. The molecule has 1 atom stereocenters. The van der Waals surface area contributed by atoms with Gasteiger partial charge in [-0.3, -0.25) is 4.79 Å². The second-order valence-corrected chi connectivity index (χ2v) is 8.23. The number of fused-ring (bicyclic) bond motifs is 1. The van der Waals surface area contributed by atoms with Crippen LogP contribution in [0.15, 0.2) is 35.9 Å². The van der Waals surface area contributed by atoms with Gasteiger partial charge >= 0.3 is 0 Å². The van der Waals surface area contributed by atoms with Gasteiger partial charge in [0.05, 0.1) is 11.2 Å². The minimum atomic E-state index is -0.211. The van der Waals surface area contributed by atoms with Gasteiger partial charge in [-0.15, -0.1) is 0 Å². The van der Waals surface area contributed by atoms with Crippen molar-refractivity contribution in [3.63, 3.8) is 0 Å². The van der Waals surface area contributed by atoms with Crippen LogP contribution in [-0.2, 0) is 9.53 Å². The Morgan fingerprint density at radius 1 is 1.29 bits per heavy atom. The summed E-state index contributed by atoms with van der Waals surface area (Å²) in [5.74, 6) is 0.750. The van der Waals surface area contributed by atoms with Crippen LogP contribution in [0.25, 0.3) is 16.7 Å². The lowest BCUT2D eigenvalue weighted by atomic mass is 10.1. The topological polar surface area (TPSA) is 102 Å². The number of carbonyl (C=O) groups is 1. The van der Waals surface area contributed by atoms with Crippen molar-refractivity contribution in [1.29, 1.82) is 0 Å². The minimum absolute atomic E-state index is 0.131. The fourth-order valence-electron chi connectivity index (χ4n) is 2.73. The number of hydrogen-bond donors (Lipinski definition) is 3. The van der Waals surface area contributed by atoms with Crippen molar-refractivity contribution in [1.82, 2.24) is 15.3 Å². The summed E-state index contributed by atoms with van der Waals surface area (Å²) in [6.07, 6.45) is 4.30. The molecule has 1 aromatic heterocycles. The Bertz CT molecular complexity index is 925. The fourth-order valence-corrected chi connectivity index (χ4v) is 2.73. The molecule has 7 heteroatoms. The average Bonchev–Trinajstić information content (AvgIpc) is 2.70. The molecule has 170 valence electrons. The highest BCUT2D eigenvalue weighted by molar-refractivity contribution is 5.92. The van der Waals surface area contributed by atoms with Crippen molar-refractivity contribution >= 4 is 28.8 Å². The highest BCUT2D eigenvalue weighted by atomic mass is 16.5. The lowest BCUT2D eigenvalue weighted by Gasteiger charge is -2.23. The maximum Gasteiger partial charge on any atom is 0.149 e. The molecule has 0 fully saturated rings. The molecule has 0 aliphatic heterocycles. The third-order valence-corrected chi connectivity index (χ3v) is 4.11. The summed E-state index contributed by atoms with van der Waals surface area (Å²) < 4.78 is 4.54. The number of nitrogens with zero attached hydrogens (tertiary/aromatic N) is 2. The minimum Gasteiger partial charge on any atom is -0.388 e. The fraction of sp³-hybridized carbons (Fsp3) is 0.458. The van der Waals surface area contributed by atoms with Crippen LogP contribution < -0.4 is 16.4 Å². The van der Waals surface area contributed by atoms with Crippen molar-refractivity contribution in [2.45, 2.75) is 53.1 Å². The van der Waals surface area contributed by atoms with Gasteiger partial charge in [-0.2, -0.15) is 0 Å². The number of hydrogen-bond acceptors (Lipinski definition) is 7. The molecule has 2 aromatic rings. The van der Waals surface area contributed by atoms with E-state index < -0.39 is 0 Å². The molecule has 0 spiro atoms. The van der Waals surface area contributed by atoms with E-state index in [1.54, 1.807) is 19.3 Å². The molecule has 0 saturated heterocycles. The van der Waals surface area contributed by atoms with Crippen LogP contribution in [0.1, 0.15) is 45.9 Å². The van der Waals surface area contributed by atoms with E-state index in [0.717, 1.165) is 46.7 Å². The van der Waals surface area contributed by atoms with Crippen LogP contribution in [0, 0.1) is 6.92 Å². The molecular formula is C24H37N5O2. The number of allylic oxidation sites excluding steroid dienone is 2. The quantitative estimate of drug-likeness (QED) is 0.350. The molecule has 1 aromatic carbocycles. The normalized spacial score (nSPS) is 13.3. The molecule has 31 heavy (non-hydrogen) atoms. The summed E-state index contributed by atoms with van der Waals surface area (Å²) in [6, 6.07) is 5.62. The Morgan fingerprint density at radius 3 is 2.42 bits per heavy atom. The largest absolute Gasteiger partial charge is 0.388 e. The van der Waals surface area contributed by atoms with Crippen LogP contribution in [0.5, 0.6) is 0 Å². The second kappa shape index (κ2) is 12.2. The Morgan fingerprint density at radius 2 is 1.94 bits per heavy atom. The second-order valence-electron chi connectivity index (χ2n) is 8.23. The van der Waals surface area contributed by atoms with Crippen molar-refractivity contribution < 1.29 is 9.53 Å². The zero-order valence-corrected chi connectivity index (χ0v) is 20.0. The molecule has 0 aliphatic rings. The summed E-state index contributed by atoms with van der Waals surface area (Å²) >= 11 is 0. The van der Waals surface area contributed by atoms with Crippen molar-refractivity contribution in [2.24, 2.45) is 5.73 Å². The number of nitrogens with one attached hydrogen (secondary N) is 2. The summed E-state index contributed by atoms with van der Waals surface area (Å²) in [5.41, 5.74) is 10.2. The Balaban J connectivity index is 0.00000110. The number of aromatic nitrogens is 2. The zero-order valence-electron chi connectivity index (χ0n) is 20.0. The number of nitrogens with two attached hydrogens (primary N) is 1. The molecule has 4 N–H and O–H groups in total. The van der Waals surface area contributed by atoms with Gasteiger partial charge in [-0.1, -0.05) is 18.2 Å². The molecule has 7 nitrogen and oxygen atoms in total. The van der Waals surface area contributed by atoms with Crippen molar-refractivity contribution in [2.75, 3.05) is 26.1 Å². The van der Waals surface area contributed by atoms with Crippen molar-refractivity contribution in [3.8, 4) is 0 Å². The number of ether oxygens (including phenoxy) is 1. The predicted octanol–water partition coefficient (Wildman–Crippen LogP) is 3.83. The van der Waals surface area contributed by atoms with Gasteiger partial charge < -0.3 is 21.1 Å². The van der Waals surface area contributed by atoms with Gasteiger partial charge in [-0.05, 0) is 53.7 Å². The molecule has 0 bridgehead atoms. The Hall–Kier alpha value is -2.77. The number of benzene rings is 1. The molecule has 0 saturated carbocycles. The highest BCUT2D eigenvalue weighted by Crippen LogP contribution is 2.26. The molecule has 1 heterocycles. The highest BCUT2D eigenvalue weighted by Gasteiger charge is 2.16. The standard InChI is InChI=1S/C21H29N5O.C3H8O/c1-13(22)10-15(12-27)11-18(23-6)16-8-7-9-17-19(16)25-20(14(2)24-17)26-21(3,4)5;1-3-4-2/h7-13,23H,22H2,1-6H3,(H,25,26);3H2,1-2H3/b15-10-,18-11-;. The maximum atomic E-state index is 11.4. The SMILES string of the molecule is CCOC.CN/C(=C\C(C=O)=C\C(C)N)c1cccc2nc(C)c(NC(C)(C)C)nc12. The zero-order chi connectivity index (χ0) is 23.6. The van der Waals surface area contributed by atoms with Crippen molar-refractivity contribution in [3.05, 3.63) is 47.2 Å². The van der Waals surface area contributed by atoms with Gasteiger partial charge in [-0.25, -0.2) is 9.97 Å². The van der Waals surface area contributed by atoms with E-state index in [-0.39, 0.29) is 11.6 Å². The van der Waals surface area contributed by atoms with Crippen LogP contribution in [0.3, 0.4) is 0 Å². The molecule has 2 rings (SSSR count). The van der Waals surface area contributed by atoms with Crippen LogP contribution in [0.4, 0.5) is 5.82 Å². The number of methoxy groups -OCH3 is 1. The van der Waals surface area contributed by atoms with E-state index in [2.05, 4.69) is 36.1 Å². The Kier molecular flexibility index (Phi) is 10.3. The number of aldehydes is 1. The van der Waals surface area contributed by atoms with E-state index in [4.69, 9.17) is 15.7 Å². The number of rotatable bonds is 7. The lowest BCUT2D eigenvalue weighted by molar-refractivity contribution is -0.104. The van der Waals surface area contributed by atoms with E-state index in [1.165, 1.54) is 0 Å². The van der Waals surface area contributed by atoms with Gasteiger partial charge in [0, 0.05) is 49.2 Å². The average molecular weight is 428 g/mol. The van der Waals surface area contributed by atoms with Gasteiger partial charge in [0.2, 0.25) is 0 Å². The first kappa shape index (κ1) is 26.3. The number of aryl methyl sites for hydroxylation is 1. The van der Waals surface area contributed by atoms with E-state index in [0.29, 0.717) is 5.57 Å². The number of para-hydroxylation sites is 1. The molecule has 1 unspecified atom stereocenters. The van der Waals surface area contributed by atoms with Crippen LogP contribution in [0.2, 0.25) is 0 Å². The van der Waals surface area contributed by atoms with E-state index in [9.17, 15) is 4.79 Å². The number of anilines is 1. The number of carbonyl (C=O) groups excluding carboxylic acids is 1. The first-order valence-corrected chi connectivity index (χ1v) is 10.4. The predicted molar refractivity (Wildman–Crippen MR) is 130 cm³/mol. The smallest absolute Gasteiger partial charge is 0.149 e. The molecule has 0 radical (unpaired) electrons. The van der Waals surface area contributed by atoms with E-state index in [1.807, 2.05) is 46.0 Å². The first-order chi connectivity index (χ1) is 14.6.